The number of nitrogens with zero attached hydrogens (tertiary/aromatic N) is 2. The molecule has 2 bridgehead atoms. The van der Waals surface area contributed by atoms with E-state index in [1.54, 1.807) is 0 Å². The third kappa shape index (κ3) is 0.845. The molecule has 0 saturated carbocycles. The maximum Gasteiger partial charge on any atom is 0.148 e. The molecular formula is C6H16N4+2. The zero-order chi connectivity index (χ0) is 7.24. The molecule has 0 aromatic carbocycles. The lowest BCUT2D eigenvalue weighted by Gasteiger charge is -2.49. The highest BCUT2D eigenvalue weighted by atomic mass is 15.7. The summed E-state index contributed by atoms with van der Waals surface area (Å²) in [6, 6.07) is 0. The lowest BCUT2D eigenvalue weighted by atomic mass is 10.2. The van der Waals surface area contributed by atoms with Gasteiger partial charge in [-0.2, -0.15) is 11.7 Å². The molecule has 3 aliphatic heterocycles. The standard InChI is InChI=1S/C6H16N4/c7-9-1-2-10(8,5-3-9)6-4-9/h1-8H2/q+2. The van der Waals surface area contributed by atoms with Crippen molar-refractivity contribution in [3.05, 3.63) is 0 Å². The smallest absolute Gasteiger partial charge is 0.148 e. The number of nitrogens with two attached hydrogens (primary N) is 2. The molecule has 0 aliphatic carbocycles. The first-order chi connectivity index (χ1) is 4.62. The van der Waals surface area contributed by atoms with Crippen molar-refractivity contribution in [3.63, 3.8) is 0 Å². The van der Waals surface area contributed by atoms with Crippen LogP contribution in [0.1, 0.15) is 0 Å². The predicted molar refractivity (Wildman–Crippen MR) is 38.1 cm³/mol. The minimum atomic E-state index is 0.775. The number of fused-ring (bicyclic) bond motifs is 3. The summed E-state index contributed by atoms with van der Waals surface area (Å²) in [4.78, 5) is 0. The quantitative estimate of drug-likeness (QED) is 0.317. The molecule has 0 spiro atoms. The molecule has 0 aromatic heterocycles. The van der Waals surface area contributed by atoms with Gasteiger partial charge >= 0.3 is 0 Å². The lowest BCUT2D eigenvalue weighted by Crippen LogP contribution is -2.79. The van der Waals surface area contributed by atoms with E-state index in [2.05, 4.69) is 0 Å². The monoisotopic (exact) mass is 144 g/mol. The van der Waals surface area contributed by atoms with Crippen molar-refractivity contribution in [2.24, 2.45) is 11.7 Å². The van der Waals surface area contributed by atoms with Gasteiger partial charge in [-0.25, -0.2) is 9.18 Å². The molecule has 0 aromatic rings. The van der Waals surface area contributed by atoms with Gasteiger partial charge in [0, 0.05) is 0 Å². The van der Waals surface area contributed by atoms with Crippen LogP contribution in [-0.2, 0) is 0 Å². The van der Waals surface area contributed by atoms with Crippen LogP contribution in [0.25, 0.3) is 0 Å². The molecule has 0 radical (unpaired) electrons. The van der Waals surface area contributed by atoms with Crippen LogP contribution in [0.3, 0.4) is 0 Å². The Morgan fingerprint density at radius 1 is 0.600 bits per heavy atom. The second-order valence-corrected chi connectivity index (χ2v) is 3.78. The normalized spacial score (nSPS) is 53.4. The van der Waals surface area contributed by atoms with E-state index >= 15 is 0 Å². The minimum Gasteiger partial charge on any atom is -0.234 e. The van der Waals surface area contributed by atoms with E-state index in [4.69, 9.17) is 11.7 Å². The molecule has 58 valence electrons. The highest BCUT2D eigenvalue weighted by molar-refractivity contribution is 4.54. The van der Waals surface area contributed by atoms with Crippen molar-refractivity contribution in [1.29, 1.82) is 0 Å². The van der Waals surface area contributed by atoms with E-state index in [9.17, 15) is 0 Å². The first-order valence-electron chi connectivity index (χ1n) is 3.91. The van der Waals surface area contributed by atoms with Crippen molar-refractivity contribution >= 4 is 0 Å². The fourth-order valence-electron chi connectivity index (χ4n) is 1.87. The van der Waals surface area contributed by atoms with Crippen LogP contribution in [0.5, 0.6) is 0 Å². The second kappa shape index (κ2) is 1.71. The van der Waals surface area contributed by atoms with E-state index in [0.717, 1.165) is 48.5 Å². The Morgan fingerprint density at radius 2 is 0.800 bits per heavy atom. The molecule has 4 heteroatoms. The van der Waals surface area contributed by atoms with Crippen LogP contribution in [0, 0.1) is 0 Å². The Bertz CT molecular complexity index is 113. The van der Waals surface area contributed by atoms with Crippen LogP contribution in [-0.4, -0.2) is 48.5 Å². The van der Waals surface area contributed by atoms with Gasteiger partial charge < -0.3 is 0 Å². The Balaban J connectivity index is 2.16. The lowest BCUT2D eigenvalue weighted by molar-refractivity contribution is -1.09. The van der Waals surface area contributed by atoms with Gasteiger partial charge in [0.25, 0.3) is 0 Å². The van der Waals surface area contributed by atoms with E-state index in [-0.39, 0.29) is 0 Å². The van der Waals surface area contributed by atoms with E-state index < -0.39 is 0 Å². The van der Waals surface area contributed by atoms with Crippen molar-refractivity contribution in [3.8, 4) is 0 Å². The summed E-state index contributed by atoms with van der Waals surface area (Å²) in [5.41, 5.74) is 0. The summed E-state index contributed by atoms with van der Waals surface area (Å²) in [5, 5.41) is 0. The van der Waals surface area contributed by atoms with Crippen LogP contribution in [0.4, 0.5) is 0 Å². The molecule has 3 fully saturated rings. The Labute approximate surface area is 61.1 Å². The first kappa shape index (κ1) is 6.54. The zero-order valence-corrected chi connectivity index (χ0v) is 6.29. The number of hydrogen-bond acceptors (Lipinski definition) is 2. The number of hydrogen-bond donors (Lipinski definition) is 2. The third-order valence-corrected chi connectivity index (χ3v) is 2.97. The number of quaternary nitrogens is 2. The SMILES string of the molecule is N[N+]12CC[N+](N)(CC1)CC2. The highest BCUT2D eigenvalue weighted by Crippen LogP contribution is 2.17. The minimum absolute atomic E-state index is 0.775. The van der Waals surface area contributed by atoms with Crippen LogP contribution in [0.15, 0.2) is 0 Å². The van der Waals surface area contributed by atoms with Crippen molar-refractivity contribution in [2.45, 2.75) is 0 Å². The fraction of sp³-hybridized carbons (Fsp3) is 1.00. The highest BCUT2D eigenvalue weighted by Gasteiger charge is 2.46. The van der Waals surface area contributed by atoms with Gasteiger partial charge in [-0.3, -0.25) is 0 Å². The molecule has 4 nitrogen and oxygen atoms in total. The van der Waals surface area contributed by atoms with Crippen LogP contribution in [0.2, 0.25) is 0 Å². The van der Waals surface area contributed by atoms with E-state index in [1.165, 1.54) is 0 Å². The largest absolute Gasteiger partial charge is 0.234 e. The average molecular weight is 144 g/mol. The summed E-state index contributed by atoms with van der Waals surface area (Å²) in [6.07, 6.45) is 0. The molecule has 3 heterocycles. The topological polar surface area (TPSA) is 52.0 Å². The summed E-state index contributed by atoms with van der Waals surface area (Å²) < 4.78 is 1.55. The summed E-state index contributed by atoms with van der Waals surface area (Å²) in [6.45, 7) is 6.40. The molecular weight excluding hydrogens is 128 g/mol. The number of piperazine rings is 3. The number of rotatable bonds is 0. The Hall–Kier alpha value is -0.160. The molecule has 4 N–H and O–H groups in total. The molecule has 3 aliphatic rings. The van der Waals surface area contributed by atoms with Gasteiger partial charge in [-0.15, -0.1) is 0 Å². The van der Waals surface area contributed by atoms with Gasteiger partial charge in [-0.1, -0.05) is 0 Å². The maximum absolute atomic E-state index is 6.03. The van der Waals surface area contributed by atoms with Crippen LogP contribution < -0.4 is 11.7 Å². The van der Waals surface area contributed by atoms with Crippen LogP contribution >= 0.6 is 0 Å². The third-order valence-electron chi connectivity index (χ3n) is 2.97. The van der Waals surface area contributed by atoms with Gasteiger partial charge in [0.1, 0.15) is 39.3 Å². The molecule has 3 saturated heterocycles. The van der Waals surface area contributed by atoms with E-state index in [0.29, 0.717) is 0 Å². The summed E-state index contributed by atoms with van der Waals surface area (Å²) in [5.74, 6) is 12.1. The molecule has 10 heavy (non-hydrogen) atoms. The Kier molecular flexibility index (Phi) is 1.12. The van der Waals surface area contributed by atoms with Gasteiger partial charge in [0.2, 0.25) is 0 Å². The average Bonchev–Trinajstić information content (AvgIpc) is 1.93. The predicted octanol–water partition coefficient (Wildman–Crippen LogP) is -1.61. The Morgan fingerprint density at radius 3 is 1.00 bits per heavy atom. The summed E-state index contributed by atoms with van der Waals surface area (Å²) in [7, 11) is 0. The first-order valence-corrected chi connectivity index (χ1v) is 3.91. The van der Waals surface area contributed by atoms with E-state index in [1.807, 2.05) is 0 Å². The molecule has 0 amide bonds. The fourth-order valence-corrected chi connectivity index (χ4v) is 1.87. The molecule has 3 rings (SSSR count). The van der Waals surface area contributed by atoms with Gasteiger partial charge in [0.05, 0.1) is 0 Å². The summed E-state index contributed by atoms with van der Waals surface area (Å²) >= 11 is 0. The van der Waals surface area contributed by atoms with Crippen molar-refractivity contribution in [2.75, 3.05) is 39.3 Å². The second-order valence-electron chi connectivity index (χ2n) is 3.78. The maximum atomic E-state index is 6.03. The van der Waals surface area contributed by atoms with Gasteiger partial charge in [-0.05, 0) is 0 Å². The van der Waals surface area contributed by atoms with Crippen molar-refractivity contribution in [1.82, 2.24) is 0 Å². The van der Waals surface area contributed by atoms with Gasteiger partial charge in [0.15, 0.2) is 0 Å². The van der Waals surface area contributed by atoms with Crippen molar-refractivity contribution < 1.29 is 9.18 Å². The molecule has 0 atom stereocenters. The molecule has 0 unspecified atom stereocenters. The zero-order valence-electron chi connectivity index (χ0n) is 6.29.